The van der Waals surface area contributed by atoms with Crippen LogP contribution in [0.15, 0.2) is 194 Å². The molecule has 0 radical (unpaired) electrons. The van der Waals surface area contributed by atoms with Gasteiger partial charge in [-0.3, -0.25) is 0 Å². The molecule has 10 aromatic rings. The van der Waals surface area contributed by atoms with Crippen molar-refractivity contribution in [3.63, 3.8) is 0 Å². The summed E-state index contributed by atoms with van der Waals surface area (Å²) in [5.41, 5.74) is 27.1. The SMILES string of the molecule is c1ccc(-c2cc3c4c(c2)B2c5[se]c6c7c5N(c5ccccc5N7c5cccc7c5B6c5ccc(-c6ccccc6)c6c5N7c5ccccc5[Se]6)c5cccc(c52)N4c2ccccc2[Se]3)cc1. The van der Waals surface area contributed by atoms with Gasteiger partial charge in [-0.25, -0.2) is 0 Å². The van der Waals surface area contributed by atoms with E-state index in [0.29, 0.717) is 0 Å². The van der Waals surface area contributed by atoms with E-state index in [0.717, 1.165) is 0 Å². The minimum atomic E-state index is 0.0224. The average molecular weight is 1040 g/mol. The van der Waals surface area contributed by atoms with Crippen LogP contribution < -0.4 is 68.0 Å². The molecule has 0 aliphatic carbocycles. The molecule has 0 saturated carbocycles. The van der Waals surface area contributed by atoms with Crippen molar-refractivity contribution < 1.29 is 0 Å². The molecule has 308 valence electrons. The van der Waals surface area contributed by atoms with Gasteiger partial charge in [0.1, 0.15) is 0 Å². The molecule has 67 heavy (non-hydrogen) atoms. The summed E-state index contributed by atoms with van der Waals surface area (Å²) in [4.78, 5) is 10.7. The van der Waals surface area contributed by atoms with E-state index in [1.54, 1.807) is 8.67 Å². The number of anilines is 12. The van der Waals surface area contributed by atoms with E-state index < -0.39 is 0 Å². The summed E-state index contributed by atoms with van der Waals surface area (Å²) >= 11 is 0.311. The van der Waals surface area contributed by atoms with Crippen molar-refractivity contribution in [1.29, 1.82) is 0 Å². The van der Waals surface area contributed by atoms with Gasteiger partial charge < -0.3 is 0 Å². The van der Waals surface area contributed by atoms with Crippen LogP contribution in [0.4, 0.5) is 68.2 Å². The maximum atomic E-state index is 2.70. The molecular formula is C58H32B2N4Se3. The number of para-hydroxylation sites is 4. The fraction of sp³-hybridized carbons (Fsp3) is 0. The van der Waals surface area contributed by atoms with Gasteiger partial charge in [0, 0.05) is 0 Å². The van der Waals surface area contributed by atoms with Gasteiger partial charge in [-0.05, 0) is 0 Å². The zero-order valence-electron chi connectivity index (χ0n) is 35.6. The third-order valence-electron chi connectivity index (χ3n) is 15.1. The number of hydrogen-bond donors (Lipinski definition) is 0. The van der Waals surface area contributed by atoms with Crippen molar-refractivity contribution in [2.45, 2.75) is 0 Å². The number of nitrogens with zero attached hydrogens (tertiary/aromatic N) is 4. The monoisotopic (exact) mass is 1050 g/mol. The van der Waals surface area contributed by atoms with E-state index in [2.05, 4.69) is 214 Å². The first-order valence-corrected chi connectivity index (χ1v) is 28.1. The second kappa shape index (κ2) is 13.1. The molecule has 0 N–H and O–H groups in total. The first-order chi connectivity index (χ1) is 33.3. The summed E-state index contributed by atoms with van der Waals surface area (Å²) in [6.07, 6.45) is 0. The Balaban J connectivity index is 0.987. The van der Waals surface area contributed by atoms with Crippen LogP contribution >= 0.6 is 0 Å². The molecule has 9 heteroatoms. The van der Waals surface area contributed by atoms with Gasteiger partial charge in [0.05, 0.1) is 0 Å². The average Bonchev–Trinajstić information content (AvgIpc) is 3.78. The third kappa shape index (κ3) is 4.54. The number of rotatable bonds is 2. The van der Waals surface area contributed by atoms with E-state index in [1.165, 1.54) is 130 Å². The topological polar surface area (TPSA) is 13.0 Å². The standard InChI is InChI=1S/C58H32B2N4Se3/c1-3-15-33(16-4-1)35-31-38-52-49(32-35)65-47-27-11-9-21-41(47)63(52)45-25-13-24-44-51(45)60(38)58-55-54-57(67-58)59-37-30-29-36(34-17-5-2-6-18-34)56-53(37)64(42-22-10-12-28-48(42)66-56)46-26-14-23-43(50(46)59)61(54)39-19-7-8-20-40(39)62(44)55/h1-32H. The zero-order chi connectivity index (χ0) is 43.2. The number of benzene rings is 9. The van der Waals surface area contributed by atoms with Gasteiger partial charge in [-0.2, -0.15) is 0 Å². The van der Waals surface area contributed by atoms with Crippen LogP contribution in [0.25, 0.3) is 22.3 Å². The summed E-state index contributed by atoms with van der Waals surface area (Å²) in [5, 5.41) is 0. The summed E-state index contributed by atoms with van der Waals surface area (Å²) in [5.74, 6) is 0. The molecule has 0 saturated heterocycles. The minimum absolute atomic E-state index is 0.0224. The molecule has 7 aliphatic heterocycles. The Kier molecular flexibility index (Phi) is 7.11. The second-order valence-electron chi connectivity index (χ2n) is 18.3. The van der Waals surface area contributed by atoms with Crippen molar-refractivity contribution in [3.05, 3.63) is 194 Å². The molecule has 7 aliphatic rings. The van der Waals surface area contributed by atoms with Gasteiger partial charge in [-0.1, -0.05) is 0 Å². The first-order valence-electron chi connectivity index (χ1n) is 23.0. The summed E-state index contributed by atoms with van der Waals surface area (Å²) < 4.78 is 9.04. The molecule has 0 unspecified atom stereocenters. The van der Waals surface area contributed by atoms with Crippen LogP contribution in [-0.4, -0.2) is 57.8 Å². The molecule has 17 rings (SSSR count). The summed E-state index contributed by atoms with van der Waals surface area (Å²) in [6.45, 7) is 0.255. The second-order valence-corrected chi connectivity index (χ2v) is 25.1. The third-order valence-corrected chi connectivity index (χ3v) is 22.6. The Morgan fingerprint density at radius 2 is 0.791 bits per heavy atom. The van der Waals surface area contributed by atoms with Crippen LogP contribution in [0.5, 0.6) is 0 Å². The summed E-state index contributed by atoms with van der Waals surface area (Å²) in [7, 11) is 0. The molecule has 4 nitrogen and oxygen atoms in total. The summed E-state index contributed by atoms with van der Waals surface area (Å²) in [6, 6.07) is 74.3. The zero-order valence-corrected chi connectivity index (χ0v) is 40.8. The molecule has 0 fully saturated rings. The molecule has 0 atom stereocenters. The number of fused-ring (bicyclic) bond motifs is 15. The quantitative estimate of drug-likeness (QED) is 0.184. The van der Waals surface area contributed by atoms with Crippen molar-refractivity contribution in [3.8, 4) is 22.3 Å². The van der Waals surface area contributed by atoms with Crippen LogP contribution in [-0.2, 0) is 0 Å². The molecule has 9 aromatic carbocycles. The van der Waals surface area contributed by atoms with Crippen LogP contribution in [0, 0.1) is 0 Å². The van der Waals surface area contributed by atoms with Crippen LogP contribution in [0.3, 0.4) is 0 Å². The van der Waals surface area contributed by atoms with E-state index in [4.69, 9.17) is 0 Å². The van der Waals surface area contributed by atoms with Gasteiger partial charge in [0.25, 0.3) is 0 Å². The van der Waals surface area contributed by atoms with Crippen LogP contribution in [0.2, 0.25) is 0 Å². The number of hydrogen-bond acceptors (Lipinski definition) is 4. The molecule has 8 heterocycles. The van der Waals surface area contributed by atoms with Crippen molar-refractivity contribution in [2.24, 2.45) is 0 Å². The Morgan fingerprint density at radius 3 is 1.40 bits per heavy atom. The Bertz CT molecular complexity index is 3890. The van der Waals surface area contributed by atoms with E-state index in [1.807, 2.05) is 0 Å². The molecular weight excluding hydrogens is 1010 g/mol. The van der Waals surface area contributed by atoms with Crippen molar-refractivity contribution in [1.82, 2.24) is 0 Å². The fourth-order valence-corrected chi connectivity index (χ4v) is 20.7. The van der Waals surface area contributed by atoms with Gasteiger partial charge >= 0.3 is 410 Å². The maximum absolute atomic E-state index is 2.70. The predicted molar refractivity (Wildman–Crippen MR) is 286 cm³/mol. The Hall–Kier alpha value is -6.65. The normalized spacial score (nSPS) is 14.9. The molecule has 0 amide bonds. The molecule has 0 spiro atoms. The Morgan fingerprint density at radius 1 is 0.313 bits per heavy atom. The van der Waals surface area contributed by atoms with E-state index in [9.17, 15) is 0 Å². The van der Waals surface area contributed by atoms with Gasteiger partial charge in [0.2, 0.25) is 0 Å². The van der Waals surface area contributed by atoms with Crippen molar-refractivity contribution >= 4 is 174 Å². The van der Waals surface area contributed by atoms with Crippen molar-refractivity contribution in [2.75, 3.05) is 19.6 Å². The van der Waals surface area contributed by atoms with E-state index in [-0.39, 0.29) is 57.8 Å². The first kappa shape index (κ1) is 36.5. The van der Waals surface area contributed by atoms with Gasteiger partial charge in [0.15, 0.2) is 0 Å². The van der Waals surface area contributed by atoms with Gasteiger partial charge in [-0.15, -0.1) is 0 Å². The molecule has 0 bridgehead atoms. The predicted octanol–water partition coefficient (Wildman–Crippen LogP) is 6.49. The van der Waals surface area contributed by atoms with Crippen LogP contribution in [0.1, 0.15) is 0 Å². The fourth-order valence-electron chi connectivity index (χ4n) is 12.6. The molecule has 1 aromatic heterocycles. The van der Waals surface area contributed by atoms with E-state index >= 15 is 0 Å². The Labute approximate surface area is 407 Å².